The molecule has 0 saturated carbocycles. The van der Waals surface area contributed by atoms with Gasteiger partial charge in [-0.2, -0.15) is 0 Å². The maximum atomic E-state index is 6.70. The Balaban J connectivity index is 3.06. The maximum absolute atomic E-state index is 6.70. The molecule has 0 spiro atoms. The average Bonchev–Trinajstić information content (AvgIpc) is 2.37. The third-order valence-corrected chi connectivity index (χ3v) is 4.14. The van der Waals surface area contributed by atoms with Crippen LogP contribution in [0.1, 0.15) is 46.0 Å². The van der Waals surface area contributed by atoms with Crippen LogP contribution in [-0.2, 0) is 0 Å². The minimum Gasteiger partial charge on any atom is -0.321 e. The molecule has 3 N–H and O–H groups in total. The molecule has 0 aromatic rings. The Kier molecular flexibility index (Phi) is 7.05. The van der Waals surface area contributed by atoms with Gasteiger partial charge in [0, 0.05) is 17.6 Å². The van der Waals surface area contributed by atoms with Crippen molar-refractivity contribution in [3.05, 3.63) is 61.3 Å². The van der Waals surface area contributed by atoms with Crippen molar-refractivity contribution in [2.45, 2.75) is 63.6 Å². The van der Waals surface area contributed by atoms with Gasteiger partial charge in [0.15, 0.2) is 0 Å². The zero-order valence-corrected chi connectivity index (χ0v) is 14.3. The lowest BCUT2D eigenvalue weighted by Gasteiger charge is -2.39. The molecule has 1 rings (SSSR count). The maximum Gasteiger partial charge on any atom is 0.0439 e. The lowest BCUT2D eigenvalue weighted by Crippen LogP contribution is -2.49. The van der Waals surface area contributed by atoms with Gasteiger partial charge in [-0.25, -0.2) is 0 Å². The normalized spacial score (nSPS) is 21.9. The lowest BCUT2D eigenvalue weighted by atomic mass is 9.77. The number of hydrogen-bond donors (Lipinski definition) is 2. The van der Waals surface area contributed by atoms with Crippen LogP contribution in [0, 0.1) is 0 Å². The Labute approximate surface area is 136 Å². The first-order valence-corrected chi connectivity index (χ1v) is 8.07. The molecule has 22 heavy (non-hydrogen) atoms. The summed E-state index contributed by atoms with van der Waals surface area (Å²) in [4.78, 5) is 0. The average molecular weight is 300 g/mol. The predicted molar refractivity (Wildman–Crippen MR) is 98.8 cm³/mol. The van der Waals surface area contributed by atoms with Crippen LogP contribution >= 0.6 is 0 Å². The van der Waals surface area contributed by atoms with E-state index in [1.54, 1.807) is 0 Å². The first-order valence-electron chi connectivity index (χ1n) is 8.07. The summed E-state index contributed by atoms with van der Waals surface area (Å²) in [7, 11) is 0. The van der Waals surface area contributed by atoms with Crippen LogP contribution in [0.4, 0.5) is 0 Å². The molecule has 0 aliphatic carbocycles. The summed E-state index contributed by atoms with van der Waals surface area (Å²) in [6.45, 7) is 20.0. The molecule has 2 nitrogen and oxygen atoms in total. The molecule has 2 atom stereocenters. The van der Waals surface area contributed by atoms with E-state index in [1.165, 1.54) is 16.7 Å². The molecular weight excluding hydrogens is 268 g/mol. The van der Waals surface area contributed by atoms with Crippen LogP contribution in [0.2, 0.25) is 0 Å². The van der Waals surface area contributed by atoms with Gasteiger partial charge in [-0.3, -0.25) is 0 Å². The molecular formula is C20H32N2. The van der Waals surface area contributed by atoms with E-state index < -0.39 is 0 Å². The van der Waals surface area contributed by atoms with Crippen molar-refractivity contribution in [2.75, 3.05) is 0 Å². The minimum atomic E-state index is -0.369. The molecule has 2 heteroatoms. The highest BCUT2D eigenvalue weighted by atomic mass is 15.0. The Morgan fingerprint density at radius 2 is 1.77 bits per heavy atom. The molecule has 1 heterocycles. The van der Waals surface area contributed by atoms with E-state index in [0.717, 1.165) is 32.1 Å². The van der Waals surface area contributed by atoms with E-state index in [2.05, 4.69) is 51.6 Å². The molecule has 0 aromatic heterocycles. The number of nitrogens with one attached hydrogen (secondary N) is 1. The van der Waals surface area contributed by atoms with Gasteiger partial charge in [0.1, 0.15) is 0 Å². The Hall–Kier alpha value is -1.38. The fourth-order valence-corrected chi connectivity index (χ4v) is 3.26. The zero-order chi connectivity index (χ0) is 16.8. The summed E-state index contributed by atoms with van der Waals surface area (Å²) in [5, 5.41) is 3.70. The van der Waals surface area contributed by atoms with Crippen LogP contribution in [0.5, 0.6) is 0 Å². The fraction of sp³-hybridized carbons (Fsp3) is 0.500. The Bertz CT molecular complexity index is 460. The summed E-state index contributed by atoms with van der Waals surface area (Å²) in [5.41, 5.74) is 10.0. The third kappa shape index (κ3) is 5.43. The van der Waals surface area contributed by atoms with Gasteiger partial charge < -0.3 is 11.1 Å². The molecule has 0 amide bonds. The van der Waals surface area contributed by atoms with E-state index >= 15 is 0 Å². The van der Waals surface area contributed by atoms with Gasteiger partial charge in [0.25, 0.3) is 0 Å². The molecule has 0 fully saturated rings. The molecule has 0 unspecified atom stereocenters. The van der Waals surface area contributed by atoms with E-state index in [0.29, 0.717) is 12.1 Å². The van der Waals surface area contributed by atoms with E-state index in [4.69, 9.17) is 5.73 Å². The van der Waals surface area contributed by atoms with Gasteiger partial charge in [-0.05, 0) is 46.0 Å². The van der Waals surface area contributed by atoms with Crippen molar-refractivity contribution in [3.63, 3.8) is 0 Å². The smallest absolute Gasteiger partial charge is 0.0439 e. The van der Waals surface area contributed by atoms with Gasteiger partial charge in [-0.1, -0.05) is 34.9 Å². The van der Waals surface area contributed by atoms with Crippen LogP contribution in [0.3, 0.4) is 0 Å². The third-order valence-electron chi connectivity index (χ3n) is 4.14. The second-order valence-electron chi connectivity index (χ2n) is 6.83. The molecule has 0 bridgehead atoms. The first-order chi connectivity index (χ1) is 10.3. The highest BCUT2D eigenvalue weighted by molar-refractivity contribution is 5.29. The first kappa shape index (κ1) is 18.7. The second kappa shape index (κ2) is 8.30. The number of nitrogens with two attached hydrogens (primary N) is 1. The Morgan fingerprint density at radius 3 is 2.23 bits per heavy atom. The van der Waals surface area contributed by atoms with Crippen molar-refractivity contribution in [3.8, 4) is 0 Å². The van der Waals surface area contributed by atoms with Gasteiger partial charge in [0.2, 0.25) is 0 Å². The van der Waals surface area contributed by atoms with Crippen molar-refractivity contribution in [2.24, 2.45) is 5.73 Å². The molecule has 1 aliphatic rings. The molecule has 1 aliphatic heterocycles. The highest BCUT2D eigenvalue weighted by Gasteiger charge is 2.32. The summed E-state index contributed by atoms with van der Waals surface area (Å²) < 4.78 is 0. The van der Waals surface area contributed by atoms with Gasteiger partial charge in [-0.15, -0.1) is 26.3 Å². The van der Waals surface area contributed by atoms with Crippen molar-refractivity contribution in [1.82, 2.24) is 5.32 Å². The number of hydrogen-bond acceptors (Lipinski definition) is 2. The lowest BCUT2D eigenvalue weighted by molar-refractivity contribution is 0.386. The van der Waals surface area contributed by atoms with Gasteiger partial charge in [0.05, 0.1) is 0 Å². The number of rotatable bonds is 9. The topological polar surface area (TPSA) is 38.0 Å². The van der Waals surface area contributed by atoms with Gasteiger partial charge >= 0.3 is 0 Å². The Morgan fingerprint density at radius 1 is 1.23 bits per heavy atom. The van der Waals surface area contributed by atoms with Crippen LogP contribution in [0.25, 0.3) is 0 Å². The van der Waals surface area contributed by atoms with Crippen molar-refractivity contribution >= 4 is 0 Å². The molecule has 0 aromatic carbocycles. The SMILES string of the molecule is C=CCC(N)(CC=C)C1=C[C@@H](CC(=C)C)N[C@H](CC(=C)C)C1. The van der Waals surface area contributed by atoms with Crippen LogP contribution in [0.15, 0.2) is 61.3 Å². The molecule has 0 saturated heterocycles. The monoisotopic (exact) mass is 300 g/mol. The molecule has 122 valence electrons. The van der Waals surface area contributed by atoms with Crippen LogP contribution in [-0.4, -0.2) is 17.6 Å². The summed E-state index contributed by atoms with van der Waals surface area (Å²) >= 11 is 0. The zero-order valence-electron chi connectivity index (χ0n) is 14.3. The fourth-order valence-electron chi connectivity index (χ4n) is 3.26. The summed E-state index contributed by atoms with van der Waals surface area (Å²) in [6, 6.07) is 0.683. The van der Waals surface area contributed by atoms with E-state index in [9.17, 15) is 0 Å². The van der Waals surface area contributed by atoms with E-state index in [1.807, 2.05) is 12.2 Å². The molecule has 0 radical (unpaired) electrons. The highest BCUT2D eigenvalue weighted by Crippen LogP contribution is 2.32. The summed E-state index contributed by atoms with van der Waals surface area (Å²) in [5.74, 6) is 0. The predicted octanol–water partition coefficient (Wildman–Crippen LogP) is 4.43. The summed E-state index contributed by atoms with van der Waals surface area (Å²) in [6.07, 6.45) is 10.5. The van der Waals surface area contributed by atoms with Crippen LogP contribution < -0.4 is 11.1 Å². The van der Waals surface area contributed by atoms with Crippen molar-refractivity contribution in [1.29, 1.82) is 0 Å². The second-order valence-corrected chi connectivity index (χ2v) is 6.83. The standard InChI is InChI=1S/C20H32N2/c1-7-9-20(21,10-8-2)17-13-18(11-15(3)4)22-19(14-17)12-16(5)6/h7-8,13,18-19,22H,1-3,5,9-12,14,21H2,4,6H3/t18-,19-/m1/s1. The minimum absolute atomic E-state index is 0.295. The quantitative estimate of drug-likeness (QED) is 0.618. The largest absolute Gasteiger partial charge is 0.321 e. The van der Waals surface area contributed by atoms with E-state index in [-0.39, 0.29) is 5.54 Å². The van der Waals surface area contributed by atoms with Crippen molar-refractivity contribution < 1.29 is 0 Å².